The van der Waals surface area contributed by atoms with Gasteiger partial charge in [-0.15, -0.1) is 0 Å². The number of aryl methyl sites for hydroxylation is 2. The fraction of sp³-hybridized carbons (Fsp3) is 0.375. The van der Waals surface area contributed by atoms with Crippen molar-refractivity contribution in [2.45, 2.75) is 65.8 Å². The minimum absolute atomic E-state index is 0.0384. The summed E-state index contributed by atoms with van der Waals surface area (Å²) in [7, 11) is 0. The molecule has 0 bridgehead atoms. The first kappa shape index (κ1) is 20.8. The number of benzene rings is 3. The molecule has 0 aromatic heterocycles. The van der Waals surface area contributed by atoms with Crippen LogP contribution in [0.2, 0.25) is 0 Å². The van der Waals surface area contributed by atoms with E-state index >= 15 is 0 Å². The summed E-state index contributed by atoms with van der Waals surface area (Å²) >= 11 is 0. The number of rotatable bonds is 2. The van der Waals surface area contributed by atoms with E-state index in [0.29, 0.717) is 12.0 Å². The zero-order valence-corrected chi connectivity index (χ0v) is 20.9. The number of hydrogen-bond acceptors (Lipinski definition) is 1. The molecule has 0 saturated heterocycles. The lowest BCUT2D eigenvalue weighted by atomic mass is 9.78. The summed E-state index contributed by atoms with van der Waals surface area (Å²) in [5, 5.41) is 0. The number of hydrogen-bond donors (Lipinski definition) is 0. The van der Waals surface area contributed by atoms with Gasteiger partial charge in [0.15, 0.2) is 0 Å². The van der Waals surface area contributed by atoms with E-state index in [2.05, 4.69) is 101 Å². The molecule has 1 unspecified atom stereocenters. The normalized spacial score (nSPS) is 19.4. The molecule has 1 atom stereocenters. The molecule has 6 rings (SSSR count). The van der Waals surface area contributed by atoms with Crippen LogP contribution in [0, 0.1) is 19.8 Å². The smallest absolute Gasteiger partial charge is 0.0735 e. The van der Waals surface area contributed by atoms with Crippen LogP contribution in [0.5, 0.6) is 0 Å². The van der Waals surface area contributed by atoms with E-state index in [4.69, 9.17) is 0 Å². The predicted octanol–water partition coefficient (Wildman–Crippen LogP) is 8.16. The number of allylic oxidation sites excluding steroid dienone is 1. The van der Waals surface area contributed by atoms with Gasteiger partial charge in [-0.05, 0) is 89.3 Å². The van der Waals surface area contributed by atoms with Gasteiger partial charge in [-0.25, -0.2) is 0 Å². The topological polar surface area (TPSA) is 3.24 Å². The van der Waals surface area contributed by atoms with Gasteiger partial charge in [0, 0.05) is 23.2 Å². The van der Waals surface area contributed by atoms with Crippen LogP contribution in [0.4, 0.5) is 5.69 Å². The van der Waals surface area contributed by atoms with Crippen LogP contribution >= 0.6 is 0 Å². The van der Waals surface area contributed by atoms with E-state index in [1.165, 1.54) is 55.8 Å². The molecule has 3 aromatic rings. The van der Waals surface area contributed by atoms with E-state index in [0.717, 1.165) is 19.4 Å². The van der Waals surface area contributed by atoms with Crippen molar-refractivity contribution in [3.63, 3.8) is 0 Å². The molecule has 2 aliphatic heterocycles. The summed E-state index contributed by atoms with van der Waals surface area (Å²) in [4.78, 5) is 2.69. The molecule has 33 heavy (non-hydrogen) atoms. The molecule has 0 spiro atoms. The summed E-state index contributed by atoms with van der Waals surface area (Å²) < 4.78 is 0. The summed E-state index contributed by atoms with van der Waals surface area (Å²) in [5.74, 6) is 0.634. The van der Waals surface area contributed by atoms with Crippen LogP contribution in [0.3, 0.4) is 0 Å². The standard InChI is InChI=1S/C32H35N/c1-19(2)13-22-16-30-27-15-20(3)14-21(4)23(27)11-12-33(30)31-18-29-26(17-25(22)31)24-9-7-8-10-28(24)32(29,5)6/h7-10,14-19,30H,11-13H2,1-6H3. The zero-order valence-electron chi connectivity index (χ0n) is 20.9. The molecule has 1 aliphatic carbocycles. The number of nitrogens with zero attached hydrogens (tertiary/aromatic N) is 1. The highest BCUT2D eigenvalue weighted by Crippen LogP contribution is 2.54. The van der Waals surface area contributed by atoms with Gasteiger partial charge >= 0.3 is 0 Å². The summed E-state index contributed by atoms with van der Waals surface area (Å²) in [6.45, 7) is 15.1. The fourth-order valence-corrected chi connectivity index (χ4v) is 6.75. The SMILES string of the molecule is Cc1cc(C)c2c(c1)C1C=C(CC(C)C)c3cc4c(cc3N1CC2)C(C)(C)c1ccccc1-4. The first-order valence-electron chi connectivity index (χ1n) is 12.6. The molecule has 1 heteroatoms. The summed E-state index contributed by atoms with van der Waals surface area (Å²) in [6.07, 6.45) is 4.85. The molecular weight excluding hydrogens is 398 g/mol. The maximum Gasteiger partial charge on any atom is 0.0735 e. The maximum atomic E-state index is 2.69. The Bertz CT molecular complexity index is 1320. The predicted molar refractivity (Wildman–Crippen MR) is 141 cm³/mol. The Kier molecular flexibility index (Phi) is 4.47. The van der Waals surface area contributed by atoms with Crippen LogP contribution in [0.1, 0.15) is 79.1 Å². The minimum atomic E-state index is 0.0384. The second-order valence-corrected chi connectivity index (χ2v) is 11.4. The van der Waals surface area contributed by atoms with E-state index in [1.807, 2.05) is 0 Å². The lowest BCUT2D eigenvalue weighted by Crippen LogP contribution is -2.37. The Hall–Kier alpha value is -2.80. The number of fused-ring (bicyclic) bond motifs is 8. The molecule has 0 fully saturated rings. The van der Waals surface area contributed by atoms with Crippen LogP contribution in [-0.2, 0) is 11.8 Å². The third-order valence-corrected chi connectivity index (χ3v) is 8.25. The van der Waals surface area contributed by atoms with Crippen LogP contribution in [0.15, 0.2) is 54.6 Å². The lowest BCUT2D eigenvalue weighted by molar-refractivity contribution is 0.634. The van der Waals surface area contributed by atoms with Gasteiger partial charge < -0.3 is 4.90 Å². The first-order valence-corrected chi connectivity index (χ1v) is 12.6. The largest absolute Gasteiger partial charge is 0.360 e. The van der Waals surface area contributed by atoms with Crippen molar-refractivity contribution in [1.29, 1.82) is 0 Å². The van der Waals surface area contributed by atoms with Gasteiger partial charge in [0.05, 0.1) is 6.04 Å². The quantitative estimate of drug-likeness (QED) is 0.394. The third-order valence-electron chi connectivity index (χ3n) is 8.25. The van der Waals surface area contributed by atoms with Crippen molar-refractivity contribution < 1.29 is 0 Å². The highest BCUT2D eigenvalue weighted by Gasteiger charge is 2.39. The van der Waals surface area contributed by atoms with Crippen molar-refractivity contribution in [2.75, 3.05) is 11.4 Å². The first-order chi connectivity index (χ1) is 15.8. The molecule has 0 amide bonds. The summed E-state index contributed by atoms with van der Waals surface area (Å²) in [6, 6.07) is 19.3. The Morgan fingerprint density at radius 3 is 2.52 bits per heavy atom. The third kappa shape index (κ3) is 2.98. The molecule has 0 radical (unpaired) electrons. The van der Waals surface area contributed by atoms with Crippen LogP contribution in [-0.4, -0.2) is 6.54 Å². The van der Waals surface area contributed by atoms with E-state index in [-0.39, 0.29) is 5.41 Å². The van der Waals surface area contributed by atoms with Gasteiger partial charge in [-0.3, -0.25) is 0 Å². The minimum Gasteiger partial charge on any atom is -0.360 e. The molecule has 3 aliphatic rings. The van der Waals surface area contributed by atoms with Gasteiger partial charge in [0.1, 0.15) is 0 Å². The Labute approximate surface area is 199 Å². The Balaban J connectivity index is 1.59. The Morgan fingerprint density at radius 1 is 0.939 bits per heavy atom. The average molecular weight is 434 g/mol. The maximum absolute atomic E-state index is 2.69. The summed E-state index contributed by atoms with van der Waals surface area (Å²) in [5.41, 5.74) is 16.2. The molecule has 0 N–H and O–H groups in total. The second-order valence-electron chi connectivity index (χ2n) is 11.4. The average Bonchev–Trinajstić information content (AvgIpc) is 2.99. The van der Waals surface area contributed by atoms with E-state index < -0.39 is 0 Å². The van der Waals surface area contributed by atoms with Crippen molar-refractivity contribution in [1.82, 2.24) is 0 Å². The molecular formula is C32H35N. The van der Waals surface area contributed by atoms with Crippen molar-refractivity contribution in [3.05, 3.63) is 93.6 Å². The van der Waals surface area contributed by atoms with Gasteiger partial charge in [0.2, 0.25) is 0 Å². The molecule has 168 valence electrons. The van der Waals surface area contributed by atoms with E-state index in [9.17, 15) is 0 Å². The molecule has 2 heterocycles. The second kappa shape index (κ2) is 7.10. The van der Waals surface area contributed by atoms with Crippen molar-refractivity contribution in [3.8, 4) is 11.1 Å². The van der Waals surface area contributed by atoms with Crippen LogP contribution < -0.4 is 4.90 Å². The van der Waals surface area contributed by atoms with Crippen LogP contribution in [0.25, 0.3) is 16.7 Å². The van der Waals surface area contributed by atoms with Gasteiger partial charge in [-0.1, -0.05) is 75.7 Å². The Morgan fingerprint density at radius 2 is 1.73 bits per heavy atom. The monoisotopic (exact) mass is 433 g/mol. The highest BCUT2D eigenvalue weighted by molar-refractivity contribution is 5.90. The zero-order chi connectivity index (χ0) is 23.1. The molecule has 3 aromatic carbocycles. The molecule has 0 saturated carbocycles. The van der Waals surface area contributed by atoms with Gasteiger partial charge in [0.25, 0.3) is 0 Å². The lowest BCUT2D eigenvalue weighted by Gasteiger charge is -2.43. The number of anilines is 1. The van der Waals surface area contributed by atoms with E-state index in [1.54, 1.807) is 5.56 Å². The van der Waals surface area contributed by atoms with Crippen molar-refractivity contribution >= 4 is 11.3 Å². The van der Waals surface area contributed by atoms with Crippen molar-refractivity contribution in [2.24, 2.45) is 5.92 Å². The fourth-order valence-electron chi connectivity index (χ4n) is 6.75. The highest BCUT2D eigenvalue weighted by atomic mass is 15.2. The van der Waals surface area contributed by atoms with Gasteiger partial charge in [-0.2, -0.15) is 0 Å². The molecule has 1 nitrogen and oxygen atoms in total.